The summed E-state index contributed by atoms with van der Waals surface area (Å²) in [5, 5.41) is 4.68. The topological polar surface area (TPSA) is 32.9 Å². The van der Waals surface area contributed by atoms with Crippen LogP contribution in [0.25, 0.3) is 10.9 Å². The Hall–Kier alpha value is -3.78. The zero-order valence-electron chi connectivity index (χ0n) is 20.7. The van der Waals surface area contributed by atoms with Crippen LogP contribution in [0.15, 0.2) is 152 Å². The van der Waals surface area contributed by atoms with Gasteiger partial charge in [-0.15, -0.1) is 0 Å². The minimum absolute atomic E-state index is 0. The Morgan fingerprint density at radius 1 is 0.579 bits per heavy atom. The molecule has 5 aromatic carbocycles. The third-order valence-corrected chi connectivity index (χ3v) is 11.7. The number of Topliss-reactive ketones (excluding diaryl/α,β-unsaturated/α-hetero) is 1. The molecule has 0 aliphatic heterocycles. The minimum Gasteiger partial charge on any atom is -1.00 e. The van der Waals surface area contributed by atoms with E-state index in [2.05, 4.69) is 102 Å². The highest BCUT2D eigenvalue weighted by molar-refractivity contribution is 7.96. The number of nitrogens with one attached hydrogen (secondary N) is 1. The lowest BCUT2D eigenvalue weighted by Gasteiger charge is -2.34. The fraction of sp³-hybridized carbons (Fsp3) is 0.0294. The van der Waals surface area contributed by atoms with Crippen molar-refractivity contribution in [3.8, 4) is 0 Å². The predicted molar refractivity (Wildman–Crippen MR) is 157 cm³/mol. The van der Waals surface area contributed by atoms with Crippen LogP contribution in [0.3, 0.4) is 0 Å². The van der Waals surface area contributed by atoms with Crippen LogP contribution in [0.4, 0.5) is 0 Å². The van der Waals surface area contributed by atoms with Gasteiger partial charge in [0.2, 0.25) is 5.78 Å². The number of benzene rings is 5. The van der Waals surface area contributed by atoms with Crippen molar-refractivity contribution in [2.75, 3.05) is 0 Å². The number of carbonyl (C=O) groups excluding carboxylic acids is 1. The Morgan fingerprint density at radius 3 is 1.55 bits per heavy atom. The first-order valence-corrected chi connectivity index (χ1v) is 14.4. The van der Waals surface area contributed by atoms with Crippen molar-refractivity contribution in [2.45, 2.75) is 5.66 Å². The van der Waals surface area contributed by atoms with Gasteiger partial charge in [0.1, 0.15) is 23.2 Å². The highest BCUT2D eigenvalue weighted by atomic mass is 79.9. The average Bonchev–Trinajstić information content (AvgIpc) is 3.45. The number of aromatic nitrogens is 1. The Kier molecular flexibility index (Phi) is 7.69. The van der Waals surface area contributed by atoms with Crippen LogP contribution in [0.1, 0.15) is 21.6 Å². The van der Waals surface area contributed by atoms with Crippen molar-refractivity contribution in [3.63, 3.8) is 0 Å². The Labute approximate surface area is 234 Å². The monoisotopic (exact) mass is 575 g/mol. The predicted octanol–water partition coefficient (Wildman–Crippen LogP) is 4.09. The Bertz CT molecular complexity index is 1540. The normalized spacial score (nSPS) is 12.0. The highest BCUT2D eigenvalue weighted by Crippen LogP contribution is 2.67. The van der Waals surface area contributed by atoms with Crippen molar-refractivity contribution < 1.29 is 21.8 Å². The molecule has 0 aliphatic carbocycles. The maximum absolute atomic E-state index is 14.8. The summed E-state index contributed by atoms with van der Waals surface area (Å²) in [5.74, 6) is 0.139. The highest BCUT2D eigenvalue weighted by Gasteiger charge is 2.56. The number of fused-ring (bicyclic) bond motifs is 1. The van der Waals surface area contributed by atoms with Crippen molar-refractivity contribution in [3.05, 3.63) is 163 Å². The molecule has 0 saturated heterocycles. The van der Waals surface area contributed by atoms with Crippen molar-refractivity contribution in [2.24, 2.45) is 0 Å². The summed E-state index contributed by atoms with van der Waals surface area (Å²) in [5.41, 5.74) is 2.43. The SMILES string of the molecule is O=C(c1ccccc1)C(c1ccc2[nH]ccc2c1)[P+](c1ccccc1)(c1ccccc1)c1ccccc1.[Br-]. The summed E-state index contributed by atoms with van der Waals surface area (Å²) in [4.78, 5) is 18.1. The van der Waals surface area contributed by atoms with Crippen LogP contribution < -0.4 is 32.9 Å². The van der Waals surface area contributed by atoms with Crippen molar-refractivity contribution in [1.29, 1.82) is 0 Å². The largest absolute Gasteiger partial charge is 1.00 e. The molecular formula is C34H27BrNOP. The number of aromatic amines is 1. The lowest BCUT2D eigenvalue weighted by Crippen LogP contribution is -3.00. The first-order valence-electron chi connectivity index (χ1n) is 12.5. The quantitative estimate of drug-likeness (QED) is 0.226. The summed E-state index contributed by atoms with van der Waals surface area (Å²) < 4.78 is 0. The smallest absolute Gasteiger partial charge is 0.208 e. The van der Waals surface area contributed by atoms with Crippen LogP contribution in [0.5, 0.6) is 0 Å². The van der Waals surface area contributed by atoms with Gasteiger partial charge in [0, 0.05) is 22.8 Å². The van der Waals surface area contributed by atoms with E-state index in [1.165, 1.54) is 15.9 Å². The molecule has 2 nitrogen and oxygen atoms in total. The number of hydrogen-bond acceptors (Lipinski definition) is 1. The molecule has 6 rings (SSSR count). The molecule has 1 heterocycles. The Morgan fingerprint density at radius 2 is 1.05 bits per heavy atom. The van der Waals surface area contributed by atoms with Crippen LogP contribution in [0, 0.1) is 0 Å². The second-order valence-electron chi connectivity index (χ2n) is 9.19. The van der Waals surface area contributed by atoms with Gasteiger partial charge in [0.25, 0.3) is 0 Å². The number of hydrogen-bond donors (Lipinski definition) is 1. The lowest BCUT2D eigenvalue weighted by atomic mass is 10.0. The van der Waals surface area contributed by atoms with E-state index in [4.69, 9.17) is 0 Å². The van der Waals surface area contributed by atoms with E-state index in [0.29, 0.717) is 0 Å². The molecule has 1 aromatic heterocycles. The van der Waals surface area contributed by atoms with Crippen molar-refractivity contribution in [1.82, 2.24) is 4.98 Å². The number of rotatable bonds is 7. The Balaban J connectivity index is 0.00000294. The van der Waals surface area contributed by atoms with Crippen molar-refractivity contribution >= 4 is 39.9 Å². The molecule has 0 bridgehead atoms. The molecule has 38 heavy (non-hydrogen) atoms. The average molecular weight is 576 g/mol. The number of ketones is 1. The van der Waals surface area contributed by atoms with Gasteiger partial charge in [-0.25, -0.2) is 0 Å². The first kappa shape index (κ1) is 25.9. The summed E-state index contributed by atoms with van der Waals surface area (Å²) in [7, 11) is -2.53. The zero-order chi connectivity index (χ0) is 25.1. The molecule has 186 valence electrons. The first-order chi connectivity index (χ1) is 18.3. The molecule has 0 spiro atoms. The molecule has 0 aliphatic rings. The van der Waals surface area contributed by atoms with Gasteiger partial charge in [-0.3, -0.25) is 4.79 Å². The second kappa shape index (κ2) is 11.3. The standard InChI is InChI=1S/C34H27NOP.BrH/c36-33(26-13-5-1-6-14-26)34(28-21-22-32-27(25-28)23-24-35-32)37(29-15-7-2-8-16-29,30-17-9-3-10-18-30)31-19-11-4-12-20-31;/h1-25,34-35H;1H/q+1;/p-1. The molecule has 4 heteroatoms. The van der Waals surface area contributed by atoms with Gasteiger partial charge in [-0.05, 0) is 60.0 Å². The summed E-state index contributed by atoms with van der Waals surface area (Å²) in [6, 6.07) is 50.2. The fourth-order valence-corrected chi connectivity index (χ4v) is 10.3. The molecule has 1 atom stereocenters. The van der Waals surface area contributed by atoms with Gasteiger partial charge in [0.05, 0.1) is 0 Å². The third kappa shape index (κ3) is 4.53. The maximum Gasteiger partial charge on any atom is 0.208 e. The van der Waals surface area contributed by atoms with E-state index < -0.39 is 12.9 Å². The third-order valence-electron chi connectivity index (χ3n) is 7.08. The summed E-state index contributed by atoms with van der Waals surface area (Å²) in [6.07, 6.45) is 1.95. The second-order valence-corrected chi connectivity index (χ2v) is 12.7. The molecule has 0 radical (unpaired) electrons. The van der Waals surface area contributed by atoms with Gasteiger partial charge in [0.15, 0.2) is 5.66 Å². The summed E-state index contributed by atoms with van der Waals surface area (Å²) >= 11 is 0. The van der Waals surface area contributed by atoms with E-state index in [1.54, 1.807) is 0 Å². The number of halogens is 1. The number of H-pyrrole nitrogens is 1. The van der Waals surface area contributed by atoms with E-state index in [-0.39, 0.29) is 22.8 Å². The molecule has 0 amide bonds. The van der Waals surface area contributed by atoms with Gasteiger partial charge in [-0.1, -0.05) is 91.0 Å². The van der Waals surface area contributed by atoms with Crippen LogP contribution in [-0.4, -0.2) is 10.8 Å². The van der Waals surface area contributed by atoms with E-state index in [0.717, 1.165) is 22.0 Å². The van der Waals surface area contributed by atoms with E-state index in [1.807, 2.05) is 54.7 Å². The maximum atomic E-state index is 14.8. The van der Waals surface area contributed by atoms with Gasteiger partial charge < -0.3 is 22.0 Å². The molecule has 0 saturated carbocycles. The van der Waals surface area contributed by atoms with Crippen LogP contribution in [-0.2, 0) is 0 Å². The number of carbonyl (C=O) groups is 1. The van der Waals surface area contributed by atoms with Crippen LogP contribution >= 0.6 is 7.26 Å². The van der Waals surface area contributed by atoms with Crippen LogP contribution in [0.2, 0.25) is 0 Å². The molecule has 1 unspecified atom stereocenters. The van der Waals surface area contributed by atoms with Gasteiger partial charge in [-0.2, -0.15) is 0 Å². The van der Waals surface area contributed by atoms with Gasteiger partial charge >= 0.3 is 0 Å². The van der Waals surface area contributed by atoms with E-state index in [9.17, 15) is 4.79 Å². The van der Waals surface area contributed by atoms with E-state index >= 15 is 0 Å². The molecule has 1 N–H and O–H groups in total. The fourth-order valence-electron chi connectivity index (χ4n) is 5.44. The lowest BCUT2D eigenvalue weighted by molar-refractivity contribution is -0.0000150. The summed E-state index contributed by atoms with van der Waals surface area (Å²) in [6.45, 7) is 0. The zero-order valence-corrected chi connectivity index (χ0v) is 23.2. The molecule has 0 fully saturated rings. The molecule has 6 aromatic rings. The minimum atomic E-state index is -2.53. The molecular weight excluding hydrogens is 549 g/mol.